The lowest BCUT2D eigenvalue weighted by atomic mass is 9.81. The van der Waals surface area contributed by atoms with E-state index in [-0.39, 0.29) is 36.2 Å². The zero-order chi connectivity index (χ0) is 14.2. The van der Waals surface area contributed by atoms with Crippen molar-refractivity contribution in [1.82, 2.24) is 10.2 Å². The van der Waals surface area contributed by atoms with E-state index in [0.29, 0.717) is 19.4 Å². The fourth-order valence-corrected chi connectivity index (χ4v) is 3.19. The first-order valence-electron chi connectivity index (χ1n) is 6.71. The van der Waals surface area contributed by atoms with E-state index < -0.39 is 11.9 Å². The van der Waals surface area contributed by atoms with Crippen LogP contribution in [0.15, 0.2) is 0 Å². The zero-order valence-electron chi connectivity index (χ0n) is 11.3. The Bertz CT molecular complexity index is 409. The second kappa shape index (κ2) is 5.19. The monoisotopic (exact) mass is 268 g/mol. The van der Waals surface area contributed by atoms with Gasteiger partial charge in [-0.1, -0.05) is 6.92 Å². The van der Waals surface area contributed by atoms with Crippen molar-refractivity contribution in [2.24, 2.45) is 11.8 Å². The number of amides is 2. The molecule has 0 aromatic carbocycles. The van der Waals surface area contributed by atoms with Gasteiger partial charge in [-0.15, -0.1) is 0 Å². The van der Waals surface area contributed by atoms with Crippen LogP contribution in [0.5, 0.6) is 0 Å². The summed E-state index contributed by atoms with van der Waals surface area (Å²) in [5.41, 5.74) is 0. The molecule has 6 heteroatoms. The van der Waals surface area contributed by atoms with Crippen LogP contribution in [0.1, 0.15) is 33.1 Å². The van der Waals surface area contributed by atoms with Crippen LogP contribution in [0.4, 0.5) is 0 Å². The van der Waals surface area contributed by atoms with Crippen LogP contribution < -0.4 is 5.32 Å². The van der Waals surface area contributed by atoms with Gasteiger partial charge < -0.3 is 15.3 Å². The Morgan fingerprint density at radius 3 is 2.63 bits per heavy atom. The number of carboxylic acids is 1. The van der Waals surface area contributed by atoms with Crippen molar-refractivity contribution in [3.05, 3.63) is 0 Å². The highest BCUT2D eigenvalue weighted by atomic mass is 16.4. The third-order valence-corrected chi connectivity index (χ3v) is 4.23. The highest BCUT2D eigenvalue weighted by molar-refractivity contribution is 5.82. The number of nitrogens with zero attached hydrogens (tertiary/aromatic N) is 1. The van der Waals surface area contributed by atoms with Gasteiger partial charge in [0, 0.05) is 31.5 Å². The Kier molecular flexibility index (Phi) is 3.78. The summed E-state index contributed by atoms with van der Waals surface area (Å²) in [7, 11) is 0. The first-order chi connectivity index (χ1) is 8.90. The molecule has 2 amide bonds. The number of carbonyl (C=O) groups excluding carboxylic acids is 2. The highest BCUT2D eigenvalue weighted by Crippen LogP contribution is 2.30. The summed E-state index contributed by atoms with van der Waals surface area (Å²) in [6, 6.07) is -0.368. The highest BCUT2D eigenvalue weighted by Gasteiger charge is 2.42. The molecule has 2 saturated heterocycles. The molecule has 0 saturated carbocycles. The van der Waals surface area contributed by atoms with E-state index in [2.05, 4.69) is 5.32 Å². The molecule has 2 N–H and O–H groups in total. The van der Waals surface area contributed by atoms with Crippen molar-refractivity contribution >= 4 is 17.8 Å². The Morgan fingerprint density at radius 1 is 1.42 bits per heavy atom. The SMILES string of the molecule is CC1CC(=O)N(CC2CCC(=O)N2)C(C)C1C(=O)O. The first-order valence-corrected chi connectivity index (χ1v) is 6.71. The standard InChI is InChI=1S/C13H20N2O4/c1-7-5-11(17)15(8(2)12(7)13(18)19)6-9-3-4-10(16)14-9/h7-9,12H,3-6H2,1-2H3,(H,14,16)(H,18,19). The van der Waals surface area contributed by atoms with Crippen LogP contribution in [-0.4, -0.2) is 46.4 Å². The van der Waals surface area contributed by atoms with Crippen LogP contribution in [0.2, 0.25) is 0 Å². The van der Waals surface area contributed by atoms with Gasteiger partial charge in [-0.25, -0.2) is 0 Å². The molecular formula is C13H20N2O4. The van der Waals surface area contributed by atoms with Gasteiger partial charge in [0.1, 0.15) is 0 Å². The summed E-state index contributed by atoms with van der Waals surface area (Å²) in [5, 5.41) is 12.1. The summed E-state index contributed by atoms with van der Waals surface area (Å²) in [5.74, 6) is -1.54. The summed E-state index contributed by atoms with van der Waals surface area (Å²) in [4.78, 5) is 36.2. The van der Waals surface area contributed by atoms with Crippen molar-refractivity contribution in [3.8, 4) is 0 Å². The summed E-state index contributed by atoms with van der Waals surface area (Å²) in [6.07, 6.45) is 1.46. The molecule has 0 aromatic heterocycles. The number of hydrogen-bond acceptors (Lipinski definition) is 3. The molecule has 0 bridgehead atoms. The van der Waals surface area contributed by atoms with Gasteiger partial charge in [-0.05, 0) is 19.3 Å². The maximum Gasteiger partial charge on any atom is 0.308 e. The normalized spacial score (nSPS) is 35.4. The molecular weight excluding hydrogens is 248 g/mol. The van der Waals surface area contributed by atoms with E-state index in [4.69, 9.17) is 0 Å². The zero-order valence-corrected chi connectivity index (χ0v) is 11.3. The summed E-state index contributed by atoms with van der Waals surface area (Å²) in [6.45, 7) is 4.01. The number of aliphatic carboxylic acids is 1. The minimum Gasteiger partial charge on any atom is -0.481 e. The number of hydrogen-bond donors (Lipinski definition) is 2. The topological polar surface area (TPSA) is 86.7 Å². The lowest BCUT2D eigenvalue weighted by Crippen LogP contribution is -2.55. The van der Waals surface area contributed by atoms with Gasteiger partial charge in [0.15, 0.2) is 0 Å². The average Bonchev–Trinajstić information content (AvgIpc) is 2.69. The van der Waals surface area contributed by atoms with Crippen LogP contribution in [0.3, 0.4) is 0 Å². The fraction of sp³-hybridized carbons (Fsp3) is 0.769. The molecule has 106 valence electrons. The molecule has 4 unspecified atom stereocenters. The predicted octanol–water partition coefficient (Wildman–Crippen LogP) is 0.223. The first kappa shape index (κ1) is 13.8. The Balaban J connectivity index is 2.07. The van der Waals surface area contributed by atoms with Crippen LogP contribution in [-0.2, 0) is 14.4 Å². The molecule has 0 aromatic rings. The second-order valence-electron chi connectivity index (χ2n) is 5.64. The Hall–Kier alpha value is -1.59. The second-order valence-corrected chi connectivity index (χ2v) is 5.64. The summed E-state index contributed by atoms with van der Waals surface area (Å²) >= 11 is 0. The van der Waals surface area contributed by atoms with Gasteiger partial charge in [0.05, 0.1) is 5.92 Å². The Morgan fingerprint density at radius 2 is 2.11 bits per heavy atom. The average molecular weight is 268 g/mol. The minimum atomic E-state index is -0.854. The van der Waals surface area contributed by atoms with Gasteiger partial charge in [-0.3, -0.25) is 14.4 Å². The lowest BCUT2D eigenvalue weighted by molar-refractivity contribution is -0.155. The smallest absolute Gasteiger partial charge is 0.308 e. The number of nitrogens with one attached hydrogen (secondary N) is 1. The van der Waals surface area contributed by atoms with E-state index in [9.17, 15) is 19.5 Å². The van der Waals surface area contributed by atoms with Gasteiger partial charge in [0.2, 0.25) is 11.8 Å². The molecule has 6 nitrogen and oxygen atoms in total. The molecule has 0 spiro atoms. The number of carbonyl (C=O) groups is 3. The summed E-state index contributed by atoms with van der Waals surface area (Å²) < 4.78 is 0. The third kappa shape index (κ3) is 2.72. The number of carboxylic acid groups (broad SMARTS) is 1. The third-order valence-electron chi connectivity index (χ3n) is 4.23. The molecule has 2 heterocycles. The van der Waals surface area contributed by atoms with E-state index in [1.165, 1.54) is 0 Å². The maximum atomic E-state index is 12.1. The van der Waals surface area contributed by atoms with Crippen LogP contribution in [0.25, 0.3) is 0 Å². The van der Waals surface area contributed by atoms with Crippen molar-refractivity contribution in [2.75, 3.05) is 6.54 Å². The molecule has 19 heavy (non-hydrogen) atoms. The maximum absolute atomic E-state index is 12.1. The van der Waals surface area contributed by atoms with Crippen LogP contribution >= 0.6 is 0 Å². The fourth-order valence-electron chi connectivity index (χ4n) is 3.19. The van der Waals surface area contributed by atoms with Crippen molar-refractivity contribution in [3.63, 3.8) is 0 Å². The molecule has 2 aliphatic rings. The van der Waals surface area contributed by atoms with Gasteiger partial charge >= 0.3 is 5.97 Å². The Labute approximate surface area is 112 Å². The van der Waals surface area contributed by atoms with Gasteiger partial charge in [-0.2, -0.15) is 0 Å². The van der Waals surface area contributed by atoms with E-state index >= 15 is 0 Å². The quantitative estimate of drug-likeness (QED) is 0.766. The lowest BCUT2D eigenvalue weighted by Gasteiger charge is -2.41. The molecule has 4 atom stereocenters. The van der Waals surface area contributed by atoms with E-state index in [1.807, 2.05) is 6.92 Å². The van der Waals surface area contributed by atoms with Crippen molar-refractivity contribution in [1.29, 1.82) is 0 Å². The largest absolute Gasteiger partial charge is 0.481 e. The number of piperidine rings is 1. The minimum absolute atomic E-state index is 0.00487. The van der Waals surface area contributed by atoms with Crippen molar-refractivity contribution < 1.29 is 19.5 Å². The molecule has 0 radical (unpaired) electrons. The predicted molar refractivity (Wildman–Crippen MR) is 67.2 cm³/mol. The number of rotatable bonds is 3. The van der Waals surface area contributed by atoms with Crippen molar-refractivity contribution in [2.45, 2.75) is 45.2 Å². The van der Waals surface area contributed by atoms with Crippen LogP contribution in [0, 0.1) is 11.8 Å². The molecule has 2 fully saturated rings. The number of likely N-dealkylation sites (tertiary alicyclic amines) is 1. The van der Waals surface area contributed by atoms with E-state index in [1.54, 1.807) is 11.8 Å². The van der Waals surface area contributed by atoms with E-state index in [0.717, 1.165) is 0 Å². The molecule has 2 rings (SSSR count). The molecule has 2 aliphatic heterocycles. The van der Waals surface area contributed by atoms with Gasteiger partial charge in [0.25, 0.3) is 0 Å². The molecule has 0 aliphatic carbocycles.